The molecule has 2 aromatic rings. The predicted molar refractivity (Wildman–Crippen MR) is 114 cm³/mol. The summed E-state index contributed by atoms with van der Waals surface area (Å²) in [6.45, 7) is 3.79. The van der Waals surface area contributed by atoms with E-state index >= 15 is 0 Å². The first-order chi connectivity index (χ1) is 13.6. The molecule has 0 saturated carbocycles. The Bertz CT molecular complexity index is 827. The second-order valence-corrected chi connectivity index (χ2v) is 7.06. The van der Waals surface area contributed by atoms with E-state index in [0.717, 1.165) is 30.0 Å². The molecule has 1 atom stereocenters. The summed E-state index contributed by atoms with van der Waals surface area (Å²) in [6, 6.07) is 16.8. The third-order valence-electron chi connectivity index (χ3n) is 4.81. The quantitative estimate of drug-likeness (QED) is 0.752. The first-order valence-corrected chi connectivity index (χ1v) is 9.81. The summed E-state index contributed by atoms with van der Waals surface area (Å²) >= 11 is 0. The molecule has 0 bridgehead atoms. The minimum Gasteiger partial charge on any atom is -0.371 e. The van der Waals surface area contributed by atoms with Crippen molar-refractivity contribution in [2.75, 3.05) is 23.3 Å². The van der Waals surface area contributed by atoms with Crippen molar-refractivity contribution in [3.63, 3.8) is 0 Å². The zero-order chi connectivity index (χ0) is 19.8. The number of hydrogen-bond acceptors (Lipinski definition) is 3. The molecule has 1 aliphatic heterocycles. The average molecular weight is 377 g/mol. The largest absolute Gasteiger partial charge is 0.371 e. The number of nitrogens with zero attached hydrogens (tertiary/aromatic N) is 1. The molecule has 5 nitrogen and oxygen atoms in total. The molecule has 2 N–H and O–H groups in total. The summed E-state index contributed by atoms with van der Waals surface area (Å²) in [5.41, 5.74) is 2.80. The van der Waals surface area contributed by atoms with Crippen LogP contribution in [0.25, 0.3) is 6.08 Å². The molecular weight excluding hydrogens is 350 g/mol. The molecule has 2 aromatic carbocycles. The fraction of sp³-hybridized carbons (Fsp3) is 0.304. The molecule has 1 aliphatic rings. The van der Waals surface area contributed by atoms with Gasteiger partial charge in [0, 0.05) is 30.5 Å². The van der Waals surface area contributed by atoms with Crippen molar-refractivity contribution < 1.29 is 9.59 Å². The predicted octanol–water partition coefficient (Wildman–Crippen LogP) is 3.83. The Kier molecular flexibility index (Phi) is 6.84. The van der Waals surface area contributed by atoms with Crippen LogP contribution in [0, 0.1) is 0 Å². The van der Waals surface area contributed by atoms with Gasteiger partial charge in [0.25, 0.3) is 0 Å². The molecule has 1 saturated heterocycles. The van der Waals surface area contributed by atoms with Gasteiger partial charge in [-0.05, 0) is 56.0 Å². The maximum absolute atomic E-state index is 12.4. The lowest BCUT2D eigenvalue weighted by molar-refractivity contribution is -0.123. The van der Waals surface area contributed by atoms with E-state index in [9.17, 15) is 9.59 Å². The summed E-state index contributed by atoms with van der Waals surface area (Å²) in [7, 11) is 0. The van der Waals surface area contributed by atoms with E-state index in [1.165, 1.54) is 25.3 Å². The maximum atomic E-state index is 12.4. The van der Waals surface area contributed by atoms with Gasteiger partial charge in [-0.2, -0.15) is 0 Å². The van der Waals surface area contributed by atoms with Crippen LogP contribution < -0.4 is 15.5 Å². The van der Waals surface area contributed by atoms with Crippen LogP contribution in [0.4, 0.5) is 11.4 Å². The highest BCUT2D eigenvalue weighted by molar-refractivity contribution is 6.00. The van der Waals surface area contributed by atoms with Crippen molar-refractivity contribution >= 4 is 29.3 Å². The van der Waals surface area contributed by atoms with Crippen LogP contribution in [0.3, 0.4) is 0 Å². The Morgan fingerprint density at radius 1 is 1.00 bits per heavy atom. The molecule has 1 fully saturated rings. The third kappa shape index (κ3) is 5.71. The molecule has 5 heteroatoms. The fourth-order valence-corrected chi connectivity index (χ4v) is 3.25. The molecule has 0 aliphatic carbocycles. The van der Waals surface area contributed by atoms with E-state index in [1.807, 2.05) is 48.5 Å². The van der Waals surface area contributed by atoms with Crippen LogP contribution in [0.5, 0.6) is 0 Å². The normalized spacial score (nSPS) is 15.2. The molecule has 28 heavy (non-hydrogen) atoms. The van der Waals surface area contributed by atoms with Crippen molar-refractivity contribution in [2.45, 2.75) is 32.2 Å². The van der Waals surface area contributed by atoms with Crippen LogP contribution in [0.2, 0.25) is 0 Å². The number of piperidine rings is 1. The fourth-order valence-electron chi connectivity index (χ4n) is 3.25. The van der Waals surface area contributed by atoms with Gasteiger partial charge in [0.2, 0.25) is 11.8 Å². The number of nitrogens with one attached hydrogen (secondary N) is 2. The topological polar surface area (TPSA) is 61.4 Å². The van der Waals surface area contributed by atoms with Crippen LogP contribution in [-0.2, 0) is 9.59 Å². The zero-order valence-electron chi connectivity index (χ0n) is 16.2. The number of benzene rings is 2. The number of carbonyl (C=O) groups excluding carboxylic acids is 2. The van der Waals surface area contributed by atoms with Crippen molar-refractivity contribution in [2.24, 2.45) is 0 Å². The Morgan fingerprint density at radius 3 is 2.50 bits per heavy atom. The van der Waals surface area contributed by atoms with E-state index in [0.29, 0.717) is 0 Å². The Morgan fingerprint density at radius 2 is 1.75 bits per heavy atom. The average Bonchev–Trinajstić information content (AvgIpc) is 2.74. The lowest BCUT2D eigenvalue weighted by Gasteiger charge is -2.29. The Hall–Kier alpha value is -3.08. The van der Waals surface area contributed by atoms with Gasteiger partial charge < -0.3 is 15.5 Å². The Balaban J connectivity index is 1.53. The smallest absolute Gasteiger partial charge is 0.246 e. The molecule has 0 aromatic heterocycles. The summed E-state index contributed by atoms with van der Waals surface area (Å²) < 4.78 is 0. The van der Waals surface area contributed by atoms with E-state index in [4.69, 9.17) is 0 Å². The van der Waals surface area contributed by atoms with Gasteiger partial charge in [-0.3, -0.25) is 9.59 Å². The molecule has 1 unspecified atom stereocenters. The summed E-state index contributed by atoms with van der Waals surface area (Å²) in [5, 5.41) is 5.60. The van der Waals surface area contributed by atoms with Crippen LogP contribution in [0.1, 0.15) is 31.7 Å². The molecule has 0 radical (unpaired) electrons. The minimum atomic E-state index is -0.633. The van der Waals surface area contributed by atoms with Gasteiger partial charge in [0.15, 0.2) is 0 Å². The number of rotatable bonds is 6. The second kappa shape index (κ2) is 9.74. The molecule has 0 spiro atoms. The molecule has 3 rings (SSSR count). The van der Waals surface area contributed by atoms with E-state index < -0.39 is 6.04 Å². The number of amides is 2. The van der Waals surface area contributed by atoms with E-state index in [-0.39, 0.29) is 11.8 Å². The van der Waals surface area contributed by atoms with Crippen molar-refractivity contribution in [1.82, 2.24) is 5.32 Å². The molecular formula is C23H27N3O2. The first-order valence-electron chi connectivity index (χ1n) is 9.81. The van der Waals surface area contributed by atoms with Gasteiger partial charge in [0.05, 0.1) is 0 Å². The Labute approximate surface area is 166 Å². The third-order valence-corrected chi connectivity index (χ3v) is 4.81. The van der Waals surface area contributed by atoms with Crippen molar-refractivity contribution in [3.8, 4) is 0 Å². The van der Waals surface area contributed by atoms with Crippen LogP contribution in [-0.4, -0.2) is 30.9 Å². The van der Waals surface area contributed by atoms with E-state index in [2.05, 4.69) is 21.6 Å². The first kappa shape index (κ1) is 19.7. The molecule has 1 heterocycles. The lowest BCUT2D eigenvalue weighted by atomic mass is 10.1. The highest BCUT2D eigenvalue weighted by atomic mass is 16.2. The van der Waals surface area contributed by atoms with Gasteiger partial charge >= 0.3 is 0 Å². The van der Waals surface area contributed by atoms with Gasteiger partial charge in [-0.1, -0.05) is 36.4 Å². The van der Waals surface area contributed by atoms with Crippen LogP contribution in [0.15, 0.2) is 60.7 Å². The molecule has 146 valence electrons. The van der Waals surface area contributed by atoms with Gasteiger partial charge in [-0.15, -0.1) is 0 Å². The number of hydrogen-bond donors (Lipinski definition) is 2. The van der Waals surface area contributed by atoms with Crippen LogP contribution >= 0.6 is 0 Å². The summed E-state index contributed by atoms with van der Waals surface area (Å²) in [5.74, 6) is -0.536. The zero-order valence-corrected chi connectivity index (χ0v) is 16.2. The highest BCUT2D eigenvalue weighted by Crippen LogP contribution is 2.23. The lowest BCUT2D eigenvalue weighted by Crippen LogP contribution is -2.40. The summed E-state index contributed by atoms with van der Waals surface area (Å²) in [6.07, 6.45) is 6.85. The van der Waals surface area contributed by atoms with Crippen molar-refractivity contribution in [1.29, 1.82) is 0 Å². The van der Waals surface area contributed by atoms with Crippen molar-refractivity contribution in [3.05, 3.63) is 66.2 Å². The highest BCUT2D eigenvalue weighted by Gasteiger charge is 2.16. The van der Waals surface area contributed by atoms with Gasteiger partial charge in [0.1, 0.15) is 6.04 Å². The number of carbonyl (C=O) groups is 2. The standard InChI is InChI=1S/C23H27N3O2/c1-18(24-22(27)14-13-19-9-4-2-5-10-19)23(28)25-20-11-8-12-21(17-20)26-15-6-3-7-16-26/h2,4-5,8-14,17-18H,3,6-7,15-16H2,1H3,(H,24,27)(H,25,28)/b14-13+. The molecule has 2 amide bonds. The van der Waals surface area contributed by atoms with Gasteiger partial charge in [-0.25, -0.2) is 0 Å². The van der Waals surface area contributed by atoms with E-state index in [1.54, 1.807) is 13.0 Å². The monoisotopic (exact) mass is 377 g/mol. The maximum Gasteiger partial charge on any atom is 0.246 e. The minimum absolute atomic E-state index is 0.239. The number of anilines is 2. The SMILES string of the molecule is CC(NC(=O)/C=C/c1ccccc1)C(=O)Nc1cccc(N2CCCCC2)c1. The summed E-state index contributed by atoms with van der Waals surface area (Å²) in [4.78, 5) is 26.9. The second-order valence-electron chi connectivity index (χ2n) is 7.06.